The first-order chi connectivity index (χ1) is 11.1. The van der Waals surface area contributed by atoms with Gasteiger partial charge in [-0.1, -0.05) is 36.5 Å². The Morgan fingerprint density at radius 2 is 2.13 bits per heavy atom. The molecule has 0 radical (unpaired) electrons. The first-order valence-corrected chi connectivity index (χ1v) is 7.93. The van der Waals surface area contributed by atoms with Crippen LogP contribution in [0, 0.1) is 11.8 Å². The predicted octanol–water partition coefficient (Wildman–Crippen LogP) is 3.34. The van der Waals surface area contributed by atoms with Crippen LogP contribution in [0.25, 0.3) is 0 Å². The van der Waals surface area contributed by atoms with Crippen LogP contribution < -0.4 is 0 Å². The van der Waals surface area contributed by atoms with E-state index in [0.29, 0.717) is 0 Å². The highest BCUT2D eigenvalue weighted by molar-refractivity contribution is 5.93. The molecule has 0 bridgehead atoms. The fourth-order valence-electron chi connectivity index (χ4n) is 3.30. The molecule has 23 heavy (non-hydrogen) atoms. The van der Waals surface area contributed by atoms with Crippen LogP contribution in [0.1, 0.15) is 26.2 Å². The largest absolute Gasteiger partial charge is 0.511 e. The lowest BCUT2D eigenvalue weighted by molar-refractivity contribution is -0.146. The average molecular weight is 312 g/mol. The lowest BCUT2D eigenvalue weighted by Gasteiger charge is -2.33. The van der Waals surface area contributed by atoms with Crippen LogP contribution in [0.5, 0.6) is 0 Å². The second-order valence-corrected chi connectivity index (χ2v) is 6.11. The summed E-state index contributed by atoms with van der Waals surface area (Å²) in [7, 11) is 0. The van der Waals surface area contributed by atoms with Crippen molar-refractivity contribution in [3.8, 4) is 0 Å². The molecule has 0 saturated heterocycles. The van der Waals surface area contributed by atoms with E-state index in [1.807, 2.05) is 30.4 Å². The van der Waals surface area contributed by atoms with Gasteiger partial charge in [0.15, 0.2) is 0 Å². The Morgan fingerprint density at radius 3 is 2.83 bits per heavy atom. The molecular weight excluding hydrogens is 292 g/mol. The van der Waals surface area contributed by atoms with E-state index in [1.54, 1.807) is 12.2 Å². The molecule has 0 aromatic heterocycles. The zero-order chi connectivity index (χ0) is 16.4. The van der Waals surface area contributed by atoms with Crippen molar-refractivity contribution in [2.75, 3.05) is 0 Å². The lowest BCUT2D eigenvalue weighted by Crippen LogP contribution is -2.36. The zero-order valence-corrected chi connectivity index (χ0v) is 13.1. The number of fused-ring (bicyclic) bond motifs is 1. The number of rotatable bonds is 4. The SMILES string of the molecule is CC(=O)CC(C1=CCCC=C1)C1=C(O)C2C=CC=CC2OC1=O. The van der Waals surface area contributed by atoms with Gasteiger partial charge in [-0.15, -0.1) is 0 Å². The summed E-state index contributed by atoms with van der Waals surface area (Å²) in [5.74, 6) is -1.34. The fraction of sp³-hybridized carbons (Fsp3) is 0.368. The number of ether oxygens (including phenoxy) is 1. The second-order valence-electron chi connectivity index (χ2n) is 6.11. The van der Waals surface area contributed by atoms with Gasteiger partial charge in [-0.3, -0.25) is 4.79 Å². The van der Waals surface area contributed by atoms with Gasteiger partial charge in [-0.25, -0.2) is 4.79 Å². The van der Waals surface area contributed by atoms with Crippen molar-refractivity contribution in [2.24, 2.45) is 11.8 Å². The number of carbonyl (C=O) groups excluding carboxylic acids is 2. The molecule has 120 valence electrons. The third-order valence-electron chi connectivity index (χ3n) is 4.41. The smallest absolute Gasteiger partial charge is 0.338 e. The maximum Gasteiger partial charge on any atom is 0.338 e. The quantitative estimate of drug-likeness (QED) is 0.809. The number of allylic oxidation sites excluding steroid dienone is 6. The van der Waals surface area contributed by atoms with Crippen molar-refractivity contribution in [3.05, 3.63) is 59.4 Å². The normalized spacial score (nSPS) is 27.3. The molecule has 0 aromatic carbocycles. The molecule has 3 atom stereocenters. The van der Waals surface area contributed by atoms with E-state index >= 15 is 0 Å². The Morgan fingerprint density at radius 1 is 1.35 bits per heavy atom. The van der Waals surface area contributed by atoms with E-state index in [4.69, 9.17) is 4.74 Å². The molecule has 1 N–H and O–H groups in total. The summed E-state index contributed by atoms with van der Waals surface area (Å²) in [5.41, 5.74) is 1.12. The van der Waals surface area contributed by atoms with Gasteiger partial charge < -0.3 is 9.84 Å². The van der Waals surface area contributed by atoms with E-state index in [9.17, 15) is 14.7 Å². The minimum Gasteiger partial charge on any atom is -0.511 e. The lowest BCUT2D eigenvalue weighted by atomic mass is 9.79. The van der Waals surface area contributed by atoms with Gasteiger partial charge in [0.2, 0.25) is 0 Å². The number of hydrogen-bond acceptors (Lipinski definition) is 4. The highest BCUT2D eigenvalue weighted by Crippen LogP contribution is 2.38. The molecule has 1 heterocycles. The van der Waals surface area contributed by atoms with E-state index in [-0.39, 0.29) is 29.5 Å². The van der Waals surface area contributed by atoms with Crippen molar-refractivity contribution in [1.29, 1.82) is 0 Å². The predicted molar refractivity (Wildman–Crippen MR) is 86.5 cm³/mol. The molecule has 3 aliphatic rings. The van der Waals surface area contributed by atoms with E-state index in [1.165, 1.54) is 6.92 Å². The molecule has 3 unspecified atom stereocenters. The number of aliphatic hydroxyl groups is 1. The zero-order valence-electron chi connectivity index (χ0n) is 13.1. The minimum atomic E-state index is -0.533. The van der Waals surface area contributed by atoms with Gasteiger partial charge in [-0.2, -0.15) is 0 Å². The van der Waals surface area contributed by atoms with E-state index in [0.717, 1.165) is 18.4 Å². The van der Waals surface area contributed by atoms with Crippen molar-refractivity contribution in [3.63, 3.8) is 0 Å². The van der Waals surface area contributed by atoms with Crippen LogP contribution in [0.4, 0.5) is 0 Å². The number of Topliss-reactive ketones (excluding diaryl/α,β-unsaturated/α-hetero) is 1. The number of hydrogen-bond donors (Lipinski definition) is 1. The monoisotopic (exact) mass is 312 g/mol. The first-order valence-electron chi connectivity index (χ1n) is 7.93. The van der Waals surface area contributed by atoms with Crippen LogP contribution in [-0.4, -0.2) is 23.0 Å². The molecular formula is C19H20O4. The van der Waals surface area contributed by atoms with Crippen LogP contribution in [0.3, 0.4) is 0 Å². The van der Waals surface area contributed by atoms with Gasteiger partial charge >= 0.3 is 5.97 Å². The topological polar surface area (TPSA) is 63.6 Å². The Hall–Kier alpha value is -2.36. The highest BCUT2D eigenvalue weighted by Gasteiger charge is 2.40. The molecule has 0 saturated carbocycles. The summed E-state index contributed by atoms with van der Waals surface area (Å²) in [4.78, 5) is 24.2. The molecule has 3 rings (SSSR count). The first kappa shape index (κ1) is 15.5. The van der Waals surface area contributed by atoms with Crippen LogP contribution >= 0.6 is 0 Å². The average Bonchev–Trinajstić information content (AvgIpc) is 2.54. The van der Waals surface area contributed by atoms with Crippen molar-refractivity contribution in [1.82, 2.24) is 0 Å². The third-order valence-corrected chi connectivity index (χ3v) is 4.41. The molecule has 4 nitrogen and oxygen atoms in total. The van der Waals surface area contributed by atoms with Crippen molar-refractivity contribution in [2.45, 2.75) is 32.3 Å². The number of carbonyl (C=O) groups is 2. The standard InChI is InChI=1S/C19H20O4/c1-12(20)11-15(13-7-3-2-4-8-13)17-18(21)14-9-5-6-10-16(14)23-19(17)22/h3,5-10,14-16,21H,2,4,11H2,1H3. The molecule has 0 fully saturated rings. The summed E-state index contributed by atoms with van der Waals surface area (Å²) >= 11 is 0. The maximum absolute atomic E-state index is 12.5. The fourth-order valence-corrected chi connectivity index (χ4v) is 3.30. The summed E-state index contributed by atoms with van der Waals surface area (Å²) in [5, 5.41) is 10.7. The summed E-state index contributed by atoms with van der Waals surface area (Å²) in [6.07, 6.45) is 14.7. The number of aliphatic hydroxyl groups excluding tert-OH is 1. The highest BCUT2D eigenvalue weighted by atomic mass is 16.5. The molecule has 1 aliphatic heterocycles. The molecule has 0 aromatic rings. The Balaban J connectivity index is 2.03. The summed E-state index contributed by atoms with van der Waals surface area (Å²) < 4.78 is 5.47. The van der Waals surface area contributed by atoms with Crippen molar-refractivity contribution < 1.29 is 19.4 Å². The number of ketones is 1. The minimum absolute atomic E-state index is 0.0239. The second kappa shape index (κ2) is 6.41. The Kier molecular flexibility index (Phi) is 4.33. The molecule has 4 heteroatoms. The van der Waals surface area contributed by atoms with Gasteiger partial charge in [0.25, 0.3) is 0 Å². The summed E-state index contributed by atoms with van der Waals surface area (Å²) in [6.45, 7) is 1.50. The van der Waals surface area contributed by atoms with Gasteiger partial charge in [0.1, 0.15) is 17.6 Å². The number of esters is 1. The summed E-state index contributed by atoms with van der Waals surface area (Å²) in [6, 6.07) is 0. The molecule has 0 spiro atoms. The van der Waals surface area contributed by atoms with E-state index in [2.05, 4.69) is 0 Å². The molecule has 0 amide bonds. The van der Waals surface area contributed by atoms with Crippen LogP contribution in [0.2, 0.25) is 0 Å². The van der Waals surface area contributed by atoms with Crippen molar-refractivity contribution >= 4 is 11.8 Å². The van der Waals surface area contributed by atoms with Crippen LogP contribution in [-0.2, 0) is 14.3 Å². The third kappa shape index (κ3) is 3.07. The van der Waals surface area contributed by atoms with E-state index < -0.39 is 18.0 Å². The Labute approximate surface area is 135 Å². The maximum atomic E-state index is 12.5. The molecule has 2 aliphatic carbocycles. The Bertz CT molecular complexity index is 675. The van der Waals surface area contributed by atoms with Gasteiger partial charge in [0.05, 0.1) is 11.5 Å². The van der Waals surface area contributed by atoms with Gasteiger partial charge in [0, 0.05) is 12.3 Å². The van der Waals surface area contributed by atoms with Gasteiger partial charge in [-0.05, 0) is 31.4 Å². The van der Waals surface area contributed by atoms with Crippen LogP contribution in [0.15, 0.2) is 59.4 Å².